The molecule has 0 saturated heterocycles. The van der Waals surface area contributed by atoms with E-state index in [1.54, 1.807) is 0 Å². The van der Waals surface area contributed by atoms with Gasteiger partial charge in [0.15, 0.2) is 0 Å². The normalized spacial score (nSPS) is 15.5. The minimum absolute atomic E-state index is 0.188. The number of nitrogens with zero attached hydrogens (tertiary/aromatic N) is 1. The molecule has 1 aliphatic rings. The topological polar surface area (TPSA) is 29.5 Å². The minimum Gasteiger partial charge on any atom is -0.468 e. The Morgan fingerprint density at radius 3 is 1.95 bits per heavy atom. The van der Waals surface area contributed by atoms with E-state index in [-0.39, 0.29) is 12.0 Å². The number of ether oxygens (including phenoxy) is 1. The SMILES string of the molecule is COC(=O)C(C)N1Cc2ccccc2-c2ccccc2C1. The lowest BCUT2D eigenvalue weighted by atomic mass is 9.97. The fraction of sp³-hybridized carbons (Fsp3) is 0.278. The Morgan fingerprint density at radius 2 is 1.48 bits per heavy atom. The minimum atomic E-state index is -0.255. The quantitative estimate of drug-likeness (QED) is 0.792. The van der Waals surface area contributed by atoms with E-state index in [4.69, 9.17) is 4.74 Å². The Labute approximate surface area is 125 Å². The number of carbonyl (C=O) groups excluding carboxylic acids is 1. The van der Waals surface area contributed by atoms with Crippen molar-refractivity contribution in [2.24, 2.45) is 0 Å². The lowest BCUT2D eigenvalue weighted by Gasteiger charge is -2.26. The summed E-state index contributed by atoms with van der Waals surface area (Å²) in [6.45, 7) is 3.41. The van der Waals surface area contributed by atoms with Crippen LogP contribution in [0.4, 0.5) is 0 Å². The average Bonchev–Trinajstić information content (AvgIpc) is 2.70. The summed E-state index contributed by atoms with van der Waals surface area (Å²) in [6.07, 6.45) is 0. The van der Waals surface area contributed by atoms with Gasteiger partial charge in [-0.2, -0.15) is 0 Å². The monoisotopic (exact) mass is 281 g/mol. The summed E-state index contributed by atoms with van der Waals surface area (Å²) < 4.78 is 4.90. The second-order valence-electron chi connectivity index (χ2n) is 5.42. The first-order valence-electron chi connectivity index (χ1n) is 7.18. The Morgan fingerprint density at radius 1 is 1.00 bits per heavy atom. The number of rotatable bonds is 2. The van der Waals surface area contributed by atoms with Crippen LogP contribution in [0.3, 0.4) is 0 Å². The van der Waals surface area contributed by atoms with Crippen LogP contribution in [-0.4, -0.2) is 24.0 Å². The summed E-state index contributed by atoms with van der Waals surface area (Å²) in [5.41, 5.74) is 5.01. The van der Waals surface area contributed by atoms with E-state index in [9.17, 15) is 4.79 Å². The van der Waals surface area contributed by atoms with Crippen LogP contribution in [0.1, 0.15) is 18.1 Å². The molecule has 2 aromatic rings. The third kappa shape index (κ3) is 2.57. The second-order valence-corrected chi connectivity index (χ2v) is 5.42. The summed E-state index contributed by atoms with van der Waals surface area (Å²) in [7, 11) is 1.44. The molecule has 0 fully saturated rings. The van der Waals surface area contributed by atoms with Gasteiger partial charge in [-0.25, -0.2) is 0 Å². The lowest BCUT2D eigenvalue weighted by molar-refractivity contribution is -0.146. The standard InChI is InChI=1S/C18H19NO2/c1-13(18(20)21-2)19-11-14-7-3-5-9-16(14)17-10-6-4-8-15(17)12-19/h3-10,13H,11-12H2,1-2H3. The molecule has 0 saturated carbocycles. The number of methoxy groups -OCH3 is 1. The second kappa shape index (κ2) is 5.70. The average molecular weight is 281 g/mol. The smallest absolute Gasteiger partial charge is 0.322 e. The molecule has 21 heavy (non-hydrogen) atoms. The van der Waals surface area contributed by atoms with E-state index in [0.29, 0.717) is 0 Å². The molecule has 0 radical (unpaired) electrons. The van der Waals surface area contributed by atoms with Gasteiger partial charge in [0.1, 0.15) is 6.04 Å². The Bertz CT molecular complexity index is 618. The van der Waals surface area contributed by atoms with E-state index in [0.717, 1.165) is 13.1 Å². The van der Waals surface area contributed by atoms with Crippen molar-refractivity contribution >= 4 is 5.97 Å². The Kier molecular flexibility index (Phi) is 3.76. The molecule has 0 bridgehead atoms. The molecule has 2 aromatic carbocycles. The third-order valence-corrected chi connectivity index (χ3v) is 4.16. The molecule has 108 valence electrons. The predicted molar refractivity (Wildman–Crippen MR) is 82.6 cm³/mol. The van der Waals surface area contributed by atoms with Gasteiger partial charge in [-0.1, -0.05) is 48.5 Å². The highest BCUT2D eigenvalue weighted by Crippen LogP contribution is 2.33. The van der Waals surface area contributed by atoms with Crippen LogP contribution in [-0.2, 0) is 22.6 Å². The number of carbonyl (C=O) groups is 1. The molecule has 1 unspecified atom stereocenters. The van der Waals surface area contributed by atoms with Crippen molar-refractivity contribution in [1.29, 1.82) is 0 Å². The first-order valence-corrected chi connectivity index (χ1v) is 7.18. The van der Waals surface area contributed by atoms with Gasteiger partial charge in [-0.3, -0.25) is 9.69 Å². The fourth-order valence-corrected chi connectivity index (χ4v) is 2.93. The van der Waals surface area contributed by atoms with Crippen LogP contribution in [0.15, 0.2) is 48.5 Å². The first-order chi connectivity index (χ1) is 10.2. The van der Waals surface area contributed by atoms with E-state index >= 15 is 0 Å². The molecule has 3 heteroatoms. The van der Waals surface area contributed by atoms with Crippen molar-refractivity contribution in [2.75, 3.05) is 7.11 Å². The van der Waals surface area contributed by atoms with E-state index in [1.165, 1.54) is 29.4 Å². The largest absolute Gasteiger partial charge is 0.468 e. The predicted octanol–water partition coefficient (Wildman–Crippen LogP) is 3.23. The zero-order chi connectivity index (χ0) is 14.8. The lowest BCUT2D eigenvalue weighted by Crippen LogP contribution is -2.38. The number of esters is 1. The maximum atomic E-state index is 11.9. The van der Waals surface area contributed by atoms with Crippen molar-refractivity contribution in [1.82, 2.24) is 4.90 Å². The summed E-state index contributed by atoms with van der Waals surface area (Å²) in [4.78, 5) is 14.0. The molecular weight excluding hydrogens is 262 g/mol. The number of fused-ring (bicyclic) bond motifs is 3. The molecule has 0 spiro atoms. The molecule has 3 nitrogen and oxygen atoms in total. The van der Waals surface area contributed by atoms with Crippen molar-refractivity contribution in [2.45, 2.75) is 26.1 Å². The molecule has 1 atom stereocenters. The van der Waals surface area contributed by atoms with Gasteiger partial charge in [0.2, 0.25) is 0 Å². The summed E-state index contributed by atoms with van der Waals surface area (Å²) in [5.74, 6) is -0.188. The van der Waals surface area contributed by atoms with E-state index in [1.807, 2.05) is 19.1 Å². The maximum Gasteiger partial charge on any atom is 0.322 e. The highest BCUT2D eigenvalue weighted by molar-refractivity contribution is 5.76. The molecule has 0 N–H and O–H groups in total. The fourth-order valence-electron chi connectivity index (χ4n) is 2.93. The first kappa shape index (κ1) is 13.8. The summed E-state index contributed by atoms with van der Waals surface area (Å²) in [6, 6.07) is 16.5. The maximum absolute atomic E-state index is 11.9. The zero-order valence-electron chi connectivity index (χ0n) is 12.4. The van der Waals surface area contributed by atoms with E-state index < -0.39 is 0 Å². The van der Waals surface area contributed by atoms with Gasteiger partial charge in [0, 0.05) is 13.1 Å². The molecule has 0 aromatic heterocycles. The number of hydrogen-bond donors (Lipinski definition) is 0. The van der Waals surface area contributed by atoms with Crippen LogP contribution >= 0.6 is 0 Å². The van der Waals surface area contributed by atoms with Gasteiger partial charge < -0.3 is 4.74 Å². The molecule has 3 rings (SSSR count). The van der Waals surface area contributed by atoms with Gasteiger partial charge in [0.05, 0.1) is 7.11 Å². The molecule has 0 amide bonds. The molecular formula is C18H19NO2. The third-order valence-electron chi connectivity index (χ3n) is 4.16. The molecule has 1 heterocycles. The van der Waals surface area contributed by atoms with E-state index in [2.05, 4.69) is 41.3 Å². The Balaban J connectivity index is 2.07. The summed E-state index contributed by atoms with van der Waals surface area (Å²) in [5, 5.41) is 0. The number of hydrogen-bond acceptors (Lipinski definition) is 3. The van der Waals surface area contributed by atoms with Gasteiger partial charge in [-0.05, 0) is 29.2 Å². The van der Waals surface area contributed by atoms with Gasteiger partial charge >= 0.3 is 5.97 Å². The number of benzene rings is 2. The Hall–Kier alpha value is -2.13. The zero-order valence-corrected chi connectivity index (χ0v) is 12.4. The highest BCUT2D eigenvalue weighted by Gasteiger charge is 2.26. The van der Waals surface area contributed by atoms with Crippen LogP contribution in [0.25, 0.3) is 11.1 Å². The van der Waals surface area contributed by atoms with Crippen molar-refractivity contribution in [3.63, 3.8) is 0 Å². The van der Waals surface area contributed by atoms with Crippen LogP contribution in [0, 0.1) is 0 Å². The van der Waals surface area contributed by atoms with Crippen molar-refractivity contribution in [3.05, 3.63) is 59.7 Å². The van der Waals surface area contributed by atoms with Gasteiger partial charge in [-0.15, -0.1) is 0 Å². The van der Waals surface area contributed by atoms with Crippen LogP contribution < -0.4 is 0 Å². The highest BCUT2D eigenvalue weighted by atomic mass is 16.5. The summed E-state index contributed by atoms with van der Waals surface area (Å²) >= 11 is 0. The van der Waals surface area contributed by atoms with Crippen molar-refractivity contribution < 1.29 is 9.53 Å². The molecule has 0 aliphatic carbocycles. The van der Waals surface area contributed by atoms with Gasteiger partial charge in [0.25, 0.3) is 0 Å². The molecule has 1 aliphatic heterocycles. The van der Waals surface area contributed by atoms with Crippen LogP contribution in [0.5, 0.6) is 0 Å². The van der Waals surface area contributed by atoms with Crippen LogP contribution in [0.2, 0.25) is 0 Å². The van der Waals surface area contributed by atoms with Crippen molar-refractivity contribution in [3.8, 4) is 11.1 Å².